The maximum Gasteiger partial charge on any atom is 0.416 e. The summed E-state index contributed by atoms with van der Waals surface area (Å²) in [6.45, 7) is 1.86. The summed E-state index contributed by atoms with van der Waals surface area (Å²) in [6.07, 6.45) is -1.66. The molecule has 1 aliphatic heterocycles. The average molecular weight is 490 g/mol. The maximum atomic E-state index is 13.5. The summed E-state index contributed by atoms with van der Waals surface area (Å²) in [6, 6.07) is 21.7. The molecule has 6 rings (SSSR count). The Morgan fingerprint density at radius 2 is 1.58 bits per heavy atom. The molecule has 1 atom stereocenters. The number of carbonyl (C=O) groups excluding carboxylic acids is 1. The van der Waals surface area contributed by atoms with Crippen LogP contribution in [0.2, 0.25) is 0 Å². The van der Waals surface area contributed by atoms with Crippen LogP contribution in [0.1, 0.15) is 24.8 Å². The second-order valence-electron chi connectivity index (χ2n) is 9.90. The molecule has 1 saturated carbocycles. The molecule has 4 aromatic rings. The van der Waals surface area contributed by atoms with Crippen molar-refractivity contribution in [2.45, 2.75) is 32.0 Å². The smallest absolute Gasteiger partial charge is 0.342 e. The van der Waals surface area contributed by atoms with Gasteiger partial charge < -0.3 is 9.47 Å². The Hall–Kier alpha value is -3.61. The summed E-state index contributed by atoms with van der Waals surface area (Å²) in [5.41, 5.74) is 3.33. The quantitative estimate of drug-likeness (QED) is 0.315. The Balaban J connectivity index is 1.36. The molecular weight excluding hydrogens is 463 g/mol. The SMILES string of the molecule is O=C(C1CC1)N1CC[C@H](Cn2c(-c3ccc(-c4ccccc4)cc3)nc3ccc(C(F)(F)F)cc32)C1. The van der Waals surface area contributed by atoms with Crippen molar-refractivity contribution in [1.82, 2.24) is 14.5 Å². The van der Waals surface area contributed by atoms with E-state index in [1.54, 1.807) is 0 Å². The van der Waals surface area contributed by atoms with Gasteiger partial charge in [0.25, 0.3) is 0 Å². The molecule has 1 aromatic heterocycles. The van der Waals surface area contributed by atoms with E-state index in [1.807, 2.05) is 64.1 Å². The summed E-state index contributed by atoms with van der Waals surface area (Å²) < 4.78 is 42.5. The number of hydrogen-bond acceptors (Lipinski definition) is 2. The van der Waals surface area contributed by atoms with Gasteiger partial charge in [0.1, 0.15) is 5.82 Å². The molecule has 4 nitrogen and oxygen atoms in total. The number of amides is 1. The molecule has 0 N–H and O–H groups in total. The van der Waals surface area contributed by atoms with Gasteiger partial charge in [-0.1, -0.05) is 54.6 Å². The van der Waals surface area contributed by atoms with Crippen molar-refractivity contribution >= 4 is 16.9 Å². The van der Waals surface area contributed by atoms with Crippen LogP contribution in [0.4, 0.5) is 13.2 Å². The van der Waals surface area contributed by atoms with Crippen LogP contribution in [0.15, 0.2) is 72.8 Å². The van der Waals surface area contributed by atoms with E-state index in [0.29, 0.717) is 36.5 Å². The van der Waals surface area contributed by atoms with Crippen LogP contribution < -0.4 is 0 Å². The van der Waals surface area contributed by atoms with Gasteiger partial charge in [-0.25, -0.2) is 4.98 Å². The minimum Gasteiger partial charge on any atom is -0.342 e. The van der Waals surface area contributed by atoms with Crippen LogP contribution in [-0.4, -0.2) is 33.4 Å². The molecule has 36 heavy (non-hydrogen) atoms. The molecule has 0 radical (unpaired) electrons. The van der Waals surface area contributed by atoms with Crippen molar-refractivity contribution in [2.24, 2.45) is 11.8 Å². The van der Waals surface area contributed by atoms with Gasteiger partial charge in [0.2, 0.25) is 5.91 Å². The third-order valence-electron chi connectivity index (χ3n) is 7.29. The molecule has 1 aliphatic carbocycles. The van der Waals surface area contributed by atoms with Gasteiger partial charge >= 0.3 is 6.18 Å². The highest BCUT2D eigenvalue weighted by Gasteiger charge is 2.37. The van der Waals surface area contributed by atoms with Crippen molar-refractivity contribution < 1.29 is 18.0 Å². The zero-order chi connectivity index (χ0) is 24.9. The van der Waals surface area contributed by atoms with Crippen molar-refractivity contribution in [2.75, 3.05) is 13.1 Å². The molecule has 2 fully saturated rings. The molecule has 3 aromatic carbocycles. The first-order chi connectivity index (χ1) is 17.4. The zero-order valence-corrected chi connectivity index (χ0v) is 19.7. The van der Waals surface area contributed by atoms with Crippen LogP contribution in [0, 0.1) is 11.8 Å². The van der Waals surface area contributed by atoms with E-state index in [2.05, 4.69) is 0 Å². The second-order valence-corrected chi connectivity index (χ2v) is 9.90. The standard InChI is InChI=1S/C29H26F3N3O/c30-29(31,32)24-12-13-25-26(16-24)35(18-19-14-15-34(17-19)28(36)23-10-11-23)27(33-25)22-8-6-21(7-9-22)20-4-2-1-3-5-20/h1-9,12-13,16,19,23H,10-11,14-15,17-18H2/t19-/m0/s1. The first-order valence-corrected chi connectivity index (χ1v) is 12.4. The molecular formula is C29H26F3N3O. The summed E-state index contributed by atoms with van der Waals surface area (Å²) in [5, 5.41) is 0. The third kappa shape index (κ3) is 4.38. The minimum absolute atomic E-state index is 0.169. The average Bonchev–Trinajstić information content (AvgIpc) is 3.53. The van der Waals surface area contributed by atoms with Crippen molar-refractivity contribution in [3.05, 3.63) is 78.4 Å². The Labute approximate surface area is 207 Å². The molecule has 1 saturated heterocycles. The summed E-state index contributed by atoms with van der Waals surface area (Å²) in [5.74, 6) is 1.22. The predicted molar refractivity (Wildman–Crippen MR) is 133 cm³/mol. The fourth-order valence-corrected chi connectivity index (χ4v) is 5.18. The van der Waals surface area contributed by atoms with Gasteiger partial charge in [0, 0.05) is 31.1 Å². The third-order valence-corrected chi connectivity index (χ3v) is 7.29. The molecule has 2 aliphatic rings. The Morgan fingerprint density at radius 3 is 2.28 bits per heavy atom. The predicted octanol–water partition coefficient (Wildman–Crippen LogP) is 6.65. The number of benzene rings is 3. The first-order valence-electron chi connectivity index (χ1n) is 12.4. The summed E-state index contributed by atoms with van der Waals surface area (Å²) in [4.78, 5) is 19.2. The first kappa shape index (κ1) is 22.8. The number of nitrogens with zero attached hydrogens (tertiary/aromatic N) is 3. The van der Waals surface area contributed by atoms with E-state index in [9.17, 15) is 18.0 Å². The lowest BCUT2D eigenvalue weighted by molar-refractivity contribution is -0.137. The molecule has 1 amide bonds. The fraction of sp³-hybridized carbons (Fsp3) is 0.310. The number of aromatic nitrogens is 2. The Morgan fingerprint density at radius 1 is 0.889 bits per heavy atom. The van der Waals surface area contributed by atoms with Crippen LogP contribution in [0.5, 0.6) is 0 Å². The number of rotatable bonds is 5. The Kier molecular flexibility index (Phi) is 5.58. The van der Waals surface area contributed by atoms with Gasteiger partial charge in [-0.05, 0) is 54.5 Å². The molecule has 7 heteroatoms. The number of hydrogen-bond donors (Lipinski definition) is 0. The number of alkyl halides is 3. The van der Waals surface area contributed by atoms with E-state index >= 15 is 0 Å². The van der Waals surface area contributed by atoms with Gasteiger partial charge in [-0.15, -0.1) is 0 Å². The number of fused-ring (bicyclic) bond motifs is 1. The number of likely N-dealkylation sites (tertiary alicyclic amines) is 1. The van der Waals surface area contributed by atoms with Crippen molar-refractivity contribution in [3.8, 4) is 22.5 Å². The molecule has 0 bridgehead atoms. The van der Waals surface area contributed by atoms with E-state index in [4.69, 9.17) is 4.98 Å². The summed E-state index contributed by atoms with van der Waals surface area (Å²) in [7, 11) is 0. The van der Waals surface area contributed by atoms with Crippen LogP contribution >= 0.6 is 0 Å². The van der Waals surface area contributed by atoms with Crippen LogP contribution in [0.3, 0.4) is 0 Å². The van der Waals surface area contributed by atoms with Crippen LogP contribution in [-0.2, 0) is 17.5 Å². The van der Waals surface area contributed by atoms with Crippen molar-refractivity contribution in [3.63, 3.8) is 0 Å². The lowest BCUT2D eigenvalue weighted by Crippen LogP contribution is -2.30. The highest BCUT2D eigenvalue weighted by atomic mass is 19.4. The maximum absolute atomic E-state index is 13.5. The normalized spacial score (nSPS) is 18.2. The molecule has 0 unspecified atom stereocenters. The van der Waals surface area contributed by atoms with E-state index in [-0.39, 0.29) is 17.7 Å². The van der Waals surface area contributed by atoms with Gasteiger partial charge in [-0.3, -0.25) is 4.79 Å². The second kappa shape index (κ2) is 8.80. The lowest BCUT2D eigenvalue weighted by atomic mass is 10.0. The van der Waals surface area contributed by atoms with E-state index < -0.39 is 11.7 Å². The van der Waals surface area contributed by atoms with Gasteiger partial charge in [0.15, 0.2) is 0 Å². The molecule has 184 valence electrons. The summed E-state index contributed by atoms with van der Waals surface area (Å²) >= 11 is 0. The molecule has 2 heterocycles. The van der Waals surface area contributed by atoms with Crippen molar-refractivity contribution in [1.29, 1.82) is 0 Å². The zero-order valence-electron chi connectivity index (χ0n) is 19.7. The monoisotopic (exact) mass is 489 g/mol. The highest BCUT2D eigenvalue weighted by molar-refractivity contribution is 5.82. The van der Waals surface area contributed by atoms with E-state index in [0.717, 1.165) is 42.0 Å². The highest BCUT2D eigenvalue weighted by Crippen LogP contribution is 2.36. The fourth-order valence-electron chi connectivity index (χ4n) is 5.18. The minimum atomic E-state index is -4.43. The Bertz CT molecular complexity index is 1410. The lowest BCUT2D eigenvalue weighted by Gasteiger charge is -2.18. The van der Waals surface area contributed by atoms with Gasteiger partial charge in [-0.2, -0.15) is 13.2 Å². The number of halogens is 3. The number of imidazole rings is 1. The number of carbonyl (C=O) groups is 1. The molecule has 0 spiro atoms. The van der Waals surface area contributed by atoms with Gasteiger partial charge in [0.05, 0.1) is 16.6 Å². The topological polar surface area (TPSA) is 38.1 Å². The van der Waals surface area contributed by atoms with E-state index in [1.165, 1.54) is 12.1 Å². The largest absolute Gasteiger partial charge is 0.416 e. The van der Waals surface area contributed by atoms with Crippen LogP contribution in [0.25, 0.3) is 33.5 Å².